The summed E-state index contributed by atoms with van der Waals surface area (Å²) in [5, 5.41) is 9.52. The van der Waals surface area contributed by atoms with Crippen LogP contribution in [0, 0.1) is 5.82 Å². The van der Waals surface area contributed by atoms with E-state index in [9.17, 15) is 19.1 Å². The topological polar surface area (TPSA) is 66.8 Å². The number of aromatic carboxylic acids is 1. The third-order valence-corrected chi connectivity index (χ3v) is 3.94. The summed E-state index contributed by atoms with van der Waals surface area (Å²) in [7, 11) is 0. The highest BCUT2D eigenvalue weighted by Gasteiger charge is 2.34. The first-order valence-electron chi connectivity index (χ1n) is 7.16. The molecule has 24 heavy (non-hydrogen) atoms. The van der Waals surface area contributed by atoms with Gasteiger partial charge in [0.15, 0.2) is 11.9 Å². The van der Waals surface area contributed by atoms with E-state index < -0.39 is 12.1 Å². The van der Waals surface area contributed by atoms with Crippen molar-refractivity contribution >= 4 is 29.2 Å². The van der Waals surface area contributed by atoms with Crippen molar-refractivity contribution in [1.29, 1.82) is 0 Å². The fraction of sp³-hybridized carbons (Fsp3) is 0.176. The van der Waals surface area contributed by atoms with Gasteiger partial charge < -0.3 is 14.7 Å². The van der Waals surface area contributed by atoms with Crippen LogP contribution in [0.1, 0.15) is 22.8 Å². The van der Waals surface area contributed by atoms with E-state index in [0.717, 1.165) is 0 Å². The number of carboxylic acid groups (broad SMARTS) is 1. The zero-order chi connectivity index (χ0) is 17.4. The molecule has 1 amide bonds. The van der Waals surface area contributed by atoms with Gasteiger partial charge in [0.1, 0.15) is 11.4 Å². The third kappa shape index (κ3) is 2.92. The maximum atomic E-state index is 13.1. The molecule has 0 aliphatic carbocycles. The molecule has 1 aliphatic heterocycles. The summed E-state index contributed by atoms with van der Waals surface area (Å²) in [6.45, 7) is 1.70. The molecule has 0 radical (unpaired) electrons. The van der Waals surface area contributed by atoms with E-state index in [1.807, 2.05) is 0 Å². The van der Waals surface area contributed by atoms with Crippen molar-refractivity contribution < 1.29 is 23.8 Å². The first-order valence-corrected chi connectivity index (χ1v) is 7.54. The Kier molecular flexibility index (Phi) is 4.15. The monoisotopic (exact) mass is 349 g/mol. The number of carbonyl (C=O) groups excluding carboxylic acids is 1. The predicted molar refractivity (Wildman–Crippen MR) is 86.1 cm³/mol. The van der Waals surface area contributed by atoms with Gasteiger partial charge in [0.25, 0.3) is 5.91 Å². The van der Waals surface area contributed by atoms with Gasteiger partial charge in [0, 0.05) is 5.02 Å². The van der Waals surface area contributed by atoms with E-state index >= 15 is 0 Å². The van der Waals surface area contributed by atoms with E-state index in [0.29, 0.717) is 5.56 Å². The van der Waals surface area contributed by atoms with Crippen LogP contribution in [0.5, 0.6) is 5.75 Å². The Labute approximate surface area is 142 Å². The molecule has 1 heterocycles. The molecule has 2 aromatic rings. The molecule has 0 saturated carbocycles. The summed E-state index contributed by atoms with van der Waals surface area (Å²) >= 11 is 5.99. The Morgan fingerprint density at radius 2 is 2.00 bits per heavy atom. The molecule has 0 spiro atoms. The zero-order valence-corrected chi connectivity index (χ0v) is 13.4. The second-order valence-corrected chi connectivity index (χ2v) is 5.85. The van der Waals surface area contributed by atoms with Gasteiger partial charge in [-0.25, -0.2) is 9.18 Å². The van der Waals surface area contributed by atoms with Crippen LogP contribution in [0.15, 0.2) is 36.4 Å². The molecule has 3 rings (SSSR count). The first-order chi connectivity index (χ1) is 11.4. The molecule has 0 bridgehead atoms. The molecule has 1 unspecified atom stereocenters. The van der Waals surface area contributed by atoms with E-state index in [2.05, 4.69) is 0 Å². The average Bonchev–Trinajstić information content (AvgIpc) is 2.53. The minimum absolute atomic E-state index is 0.0983. The number of hydrogen-bond acceptors (Lipinski definition) is 3. The Balaban J connectivity index is 2.08. The lowest BCUT2D eigenvalue weighted by atomic mass is 10.1. The summed E-state index contributed by atoms with van der Waals surface area (Å²) in [5.41, 5.74) is 0.870. The number of nitrogens with zero attached hydrogens (tertiary/aromatic N) is 1. The molecular formula is C17H13ClFNO4. The van der Waals surface area contributed by atoms with E-state index in [1.165, 1.54) is 29.2 Å². The van der Waals surface area contributed by atoms with Crippen molar-refractivity contribution in [1.82, 2.24) is 0 Å². The number of carboxylic acids is 1. The second kappa shape index (κ2) is 6.13. The van der Waals surface area contributed by atoms with Crippen LogP contribution >= 0.6 is 11.6 Å². The number of carbonyl (C=O) groups is 2. The van der Waals surface area contributed by atoms with Crippen LogP contribution < -0.4 is 9.64 Å². The minimum Gasteiger partial charge on any atom is -0.478 e. The Hall–Kier alpha value is -2.60. The Bertz CT molecular complexity index is 822. The smallest absolute Gasteiger partial charge is 0.339 e. The Morgan fingerprint density at radius 3 is 2.62 bits per heavy atom. The van der Waals surface area contributed by atoms with Gasteiger partial charge in [-0.3, -0.25) is 4.79 Å². The van der Waals surface area contributed by atoms with Crippen molar-refractivity contribution in [3.05, 3.63) is 58.4 Å². The summed E-state index contributed by atoms with van der Waals surface area (Å²) in [4.78, 5) is 25.3. The van der Waals surface area contributed by atoms with Gasteiger partial charge in [0.05, 0.1) is 12.2 Å². The van der Waals surface area contributed by atoms with Gasteiger partial charge in [-0.05, 0) is 36.8 Å². The quantitative estimate of drug-likeness (QED) is 0.921. The van der Waals surface area contributed by atoms with Gasteiger partial charge in [-0.2, -0.15) is 0 Å². The maximum absolute atomic E-state index is 13.1. The zero-order valence-electron chi connectivity index (χ0n) is 12.6. The molecule has 5 nitrogen and oxygen atoms in total. The molecule has 124 valence electrons. The molecule has 1 N–H and O–H groups in total. The fourth-order valence-corrected chi connectivity index (χ4v) is 2.78. The van der Waals surface area contributed by atoms with Gasteiger partial charge in [-0.1, -0.05) is 23.7 Å². The molecule has 0 fully saturated rings. The first kappa shape index (κ1) is 16.3. The van der Waals surface area contributed by atoms with Crippen LogP contribution in [-0.4, -0.2) is 23.1 Å². The summed E-state index contributed by atoms with van der Waals surface area (Å²) in [6.07, 6.45) is -0.836. The highest BCUT2D eigenvalue weighted by atomic mass is 35.5. The summed E-state index contributed by atoms with van der Waals surface area (Å²) in [6, 6.07) is 8.48. The highest BCUT2D eigenvalue weighted by molar-refractivity contribution is 6.31. The lowest BCUT2D eigenvalue weighted by Crippen LogP contribution is -2.44. The van der Waals surface area contributed by atoms with Crippen LogP contribution in [0.25, 0.3) is 0 Å². The van der Waals surface area contributed by atoms with Gasteiger partial charge in [0.2, 0.25) is 0 Å². The fourth-order valence-electron chi connectivity index (χ4n) is 2.56. The van der Waals surface area contributed by atoms with E-state index in [4.69, 9.17) is 16.3 Å². The standard InChI is InChI=1S/C17H13ClFNO4/c1-9-16(21)20(8-10-2-4-12(19)5-3-10)14-7-11(18)6-13(17(22)23)15(14)24-9/h2-7,9H,8H2,1H3,(H,22,23). The normalized spacial score (nSPS) is 16.5. The predicted octanol–water partition coefficient (Wildman–Crippen LogP) is 3.49. The number of rotatable bonds is 3. The highest BCUT2D eigenvalue weighted by Crippen LogP contribution is 2.40. The SMILES string of the molecule is CC1Oc2c(C(=O)O)cc(Cl)cc2N(Cc2ccc(F)cc2)C1=O. The van der Waals surface area contributed by atoms with Crippen molar-refractivity contribution in [3.8, 4) is 5.75 Å². The lowest BCUT2D eigenvalue weighted by molar-refractivity contribution is -0.125. The number of anilines is 1. The number of halogens is 2. The maximum Gasteiger partial charge on any atom is 0.339 e. The molecule has 0 aromatic heterocycles. The number of ether oxygens (including phenoxy) is 1. The van der Waals surface area contributed by atoms with E-state index in [-0.39, 0.29) is 40.3 Å². The Morgan fingerprint density at radius 1 is 1.33 bits per heavy atom. The minimum atomic E-state index is -1.20. The summed E-state index contributed by atoms with van der Waals surface area (Å²) in [5.74, 6) is -1.80. The molecule has 1 aliphatic rings. The van der Waals surface area contributed by atoms with Gasteiger partial charge in [-0.15, -0.1) is 0 Å². The van der Waals surface area contributed by atoms with Crippen molar-refractivity contribution in [2.45, 2.75) is 19.6 Å². The number of fused-ring (bicyclic) bond motifs is 1. The van der Waals surface area contributed by atoms with Crippen LogP contribution in [0.4, 0.5) is 10.1 Å². The van der Waals surface area contributed by atoms with Crippen LogP contribution in [0.2, 0.25) is 5.02 Å². The van der Waals surface area contributed by atoms with Gasteiger partial charge >= 0.3 is 5.97 Å². The number of amides is 1. The van der Waals surface area contributed by atoms with Crippen molar-refractivity contribution in [2.24, 2.45) is 0 Å². The largest absolute Gasteiger partial charge is 0.478 e. The molecule has 0 saturated heterocycles. The number of hydrogen-bond donors (Lipinski definition) is 1. The number of benzene rings is 2. The molecule has 7 heteroatoms. The van der Waals surface area contributed by atoms with Crippen LogP contribution in [0.3, 0.4) is 0 Å². The molecular weight excluding hydrogens is 337 g/mol. The molecule has 1 atom stereocenters. The van der Waals surface area contributed by atoms with Crippen molar-refractivity contribution in [3.63, 3.8) is 0 Å². The summed E-state index contributed by atoms with van der Waals surface area (Å²) < 4.78 is 18.5. The van der Waals surface area contributed by atoms with E-state index in [1.54, 1.807) is 19.1 Å². The average molecular weight is 350 g/mol. The van der Waals surface area contributed by atoms with Crippen LogP contribution in [-0.2, 0) is 11.3 Å². The van der Waals surface area contributed by atoms with Crippen molar-refractivity contribution in [2.75, 3.05) is 4.90 Å². The second-order valence-electron chi connectivity index (χ2n) is 5.42. The molecule has 2 aromatic carbocycles. The third-order valence-electron chi connectivity index (χ3n) is 3.72. The lowest BCUT2D eigenvalue weighted by Gasteiger charge is -2.34.